The number of halogens is 2. The standard InChI is InChI=1S/C18H18Cl2O/c1-2-15(12-6-4-3-5-7-12)17(20)16-11-14(19)10-13-8-9-21-18(13)16/h3-7,10-11,15,17H,2,8-9H2,1H3. The molecule has 3 rings (SSSR count). The van der Waals surface area contributed by atoms with Crippen molar-refractivity contribution in [2.24, 2.45) is 0 Å². The van der Waals surface area contributed by atoms with Crippen molar-refractivity contribution in [2.45, 2.75) is 31.1 Å². The minimum Gasteiger partial charge on any atom is -0.493 e. The Morgan fingerprint density at radius 3 is 2.67 bits per heavy atom. The van der Waals surface area contributed by atoms with Crippen LogP contribution in [0.25, 0.3) is 0 Å². The van der Waals surface area contributed by atoms with Gasteiger partial charge >= 0.3 is 0 Å². The Morgan fingerprint density at radius 1 is 1.19 bits per heavy atom. The van der Waals surface area contributed by atoms with Crippen molar-refractivity contribution in [3.8, 4) is 5.75 Å². The van der Waals surface area contributed by atoms with Crippen molar-refractivity contribution in [2.75, 3.05) is 6.61 Å². The molecule has 1 aliphatic heterocycles. The SMILES string of the molecule is CCC(c1ccccc1)C(Cl)c1cc(Cl)cc2c1OCC2. The van der Waals surface area contributed by atoms with E-state index < -0.39 is 0 Å². The van der Waals surface area contributed by atoms with Crippen LogP contribution < -0.4 is 4.74 Å². The molecule has 0 spiro atoms. The van der Waals surface area contributed by atoms with Crippen molar-refractivity contribution in [1.82, 2.24) is 0 Å². The Kier molecular flexibility index (Phi) is 4.42. The second-order valence-electron chi connectivity index (χ2n) is 5.41. The lowest BCUT2D eigenvalue weighted by Crippen LogP contribution is -2.07. The Hall–Kier alpha value is -1.18. The Bertz CT molecular complexity index is 625. The number of fused-ring (bicyclic) bond motifs is 1. The summed E-state index contributed by atoms with van der Waals surface area (Å²) in [7, 11) is 0. The average molecular weight is 321 g/mol. The first kappa shape index (κ1) is 14.7. The third-order valence-corrected chi connectivity index (χ3v) is 4.85. The fourth-order valence-electron chi connectivity index (χ4n) is 3.03. The number of alkyl halides is 1. The molecule has 0 saturated carbocycles. The Labute approximate surface area is 135 Å². The first-order chi connectivity index (χ1) is 10.2. The van der Waals surface area contributed by atoms with Gasteiger partial charge in [-0.25, -0.2) is 0 Å². The van der Waals surface area contributed by atoms with Gasteiger partial charge in [-0.3, -0.25) is 0 Å². The van der Waals surface area contributed by atoms with Crippen molar-refractivity contribution >= 4 is 23.2 Å². The van der Waals surface area contributed by atoms with Crippen molar-refractivity contribution in [3.63, 3.8) is 0 Å². The van der Waals surface area contributed by atoms with Crippen molar-refractivity contribution in [3.05, 3.63) is 64.2 Å². The molecule has 1 aliphatic rings. The zero-order valence-electron chi connectivity index (χ0n) is 12.0. The van der Waals surface area contributed by atoms with E-state index in [4.69, 9.17) is 27.9 Å². The highest BCUT2D eigenvalue weighted by atomic mass is 35.5. The van der Waals surface area contributed by atoms with Gasteiger partial charge in [-0.2, -0.15) is 0 Å². The topological polar surface area (TPSA) is 9.23 Å². The van der Waals surface area contributed by atoms with E-state index in [9.17, 15) is 0 Å². The van der Waals surface area contributed by atoms with E-state index in [1.807, 2.05) is 18.2 Å². The molecule has 110 valence electrons. The van der Waals surface area contributed by atoms with Crippen LogP contribution in [0.5, 0.6) is 5.75 Å². The van der Waals surface area contributed by atoms with Crippen LogP contribution in [0.4, 0.5) is 0 Å². The molecule has 1 heterocycles. The number of ether oxygens (including phenoxy) is 1. The number of benzene rings is 2. The lowest BCUT2D eigenvalue weighted by atomic mass is 9.88. The van der Waals surface area contributed by atoms with Gasteiger partial charge in [-0.1, -0.05) is 48.9 Å². The number of hydrogen-bond acceptors (Lipinski definition) is 1. The minimum absolute atomic E-state index is 0.136. The molecule has 0 saturated heterocycles. The zero-order valence-corrected chi connectivity index (χ0v) is 13.5. The molecule has 2 aromatic rings. The molecule has 0 aromatic heterocycles. The van der Waals surface area contributed by atoms with E-state index in [1.165, 1.54) is 11.1 Å². The lowest BCUT2D eigenvalue weighted by molar-refractivity contribution is 0.352. The largest absolute Gasteiger partial charge is 0.493 e. The van der Waals surface area contributed by atoms with Crippen LogP contribution in [0, 0.1) is 0 Å². The van der Waals surface area contributed by atoms with Gasteiger partial charge in [-0.15, -0.1) is 11.6 Å². The highest BCUT2D eigenvalue weighted by Crippen LogP contribution is 2.45. The van der Waals surface area contributed by atoms with Crippen LogP contribution in [0.15, 0.2) is 42.5 Å². The molecule has 3 heteroatoms. The Balaban J connectivity index is 2.00. The molecule has 0 bridgehead atoms. The second-order valence-corrected chi connectivity index (χ2v) is 6.32. The maximum absolute atomic E-state index is 6.82. The molecule has 0 aliphatic carbocycles. The van der Waals surface area contributed by atoms with E-state index in [-0.39, 0.29) is 11.3 Å². The number of hydrogen-bond donors (Lipinski definition) is 0. The molecule has 0 radical (unpaired) electrons. The third-order valence-electron chi connectivity index (χ3n) is 4.10. The monoisotopic (exact) mass is 320 g/mol. The minimum atomic E-state index is -0.136. The normalized spacial score (nSPS) is 16.1. The maximum atomic E-state index is 6.82. The smallest absolute Gasteiger partial charge is 0.127 e. The summed E-state index contributed by atoms with van der Waals surface area (Å²) in [6.07, 6.45) is 1.88. The fourth-order valence-corrected chi connectivity index (χ4v) is 3.77. The van der Waals surface area contributed by atoms with Crippen molar-refractivity contribution < 1.29 is 4.74 Å². The average Bonchev–Trinajstić information content (AvgIpc) is 2.96. The predicted molar refractivity (Wildman–Crippen MR) is 88.7 cm³/mol. The van der Waals surface area contributed by atoms with Crippen LogP contribution in [-0.4, -0.2) is 6.61 Å². The molecule has 1 nitrogen and oxygen atoms in total. The second kappa shape index (κ2) is 6.29. The van der Waals surface area contributed by atoms with Gasteiger partial charge in [0, 0.05) is 22.9 Å². The fraction of sp³-hybridized carbons (Fsp3) is 0.333. The quantitative estimate of drug-likeness (QED) is 0.652. The summed E-state index contributed by atoms with van der Waals surface area (Å²) in [5, 5.41) is 0.603. The molecular formula is C18H18Cl2O. The van der Waals surface area contributed by atoms with Gasteiger partial charge in [0.05, 0.1) is 12.0 Å². The summed E-state index contributed by atoms with van der Waals surface area (Å²) in [4.78, 5) is 0. The highest BCUT2D eigenvalue weighted by Gasteiger charge is 2.28. The summed E-state index contributed by atoms with van der Waals surface area (Å²) in [6, 6.07) is 14.3. The van der Waals surface area contributed by atoms with Crippen LogP contribution in [-0.2, 0) is 6.42 Å². The predicted octanol–water partition coefficient (Wildman–Crippen LogP) is 5.75. The highest BCUT2D eigenvalue weighted by molar-refractivity contribution is 6.31. The molecular weight excluding hydrogens is 303 g/mol. The van der Waals surface area contributed by atoms with Gasteiger partial charge < -0.3 is 4.74 Å². The van der Waals surface area contributed by atoms with E-state index in [0.717, 1.165) is 29.2 Å². The summed E-state index contributed by atoms with van der Waals surface area (Å²) in [5.74, 6) is 1.19. The number of rotatable bonds is 4. The van der Waals surface area contributed by atoms with Crippen LogP contribution in [0.3, 0.4) is 0 Å². The molecule has 0 fully saturated rings. The van der Waals surface area contributed by atoms with Gasteiger partial charge in [0.2, 0.25) is 0 Å². The Morgan fingerprint density at radius 2 is 1.95 bits per heavy atom. The van der Waals surface area contributed by atoms with Gasteiger partial charge in [0.25, 0.3) is 0 Å². The van der Waals surface area contributed by atoms with Crippen molar-refractivity contribution in [1.29, 1.82) is 0 Å². The zero-order chi connectivity index (χ0) is 14.8. The van der Waals surface area contributed by atoms with Crippen LogP contribution in [0.2, 0.25) is 5.02 Å². The summed E-state index contributed by atoms with van der Waals surface area (Å²) in [6.45, 7) is 2.88. The summed E-state index contributed by atoms with van der Waals surface area (Å²) >= 11 is 13.1. The molecule has 0 N–H and O–H groups in total. The first-order valence-electron chi connectivity index (χ1n) is 7.34. The first-order valence-corrected chi connectivity index (χ1v) is 8.16. The molecule has 2 unspecified atom stereocenters. The van der Waals surface area contributed by atoms with Gasteiger partial charge in [0.15, 0.2) is 0 Å². The maximum Gasteiger partial charge on any atom is 0.127 e. The van der Waals surface area contributed by atoms with Crippen LogP contribution >= 0.6 is 23.2 Å². The van der Waals surface area contributed by atoms with E-state index in [0.29, 0.717) is 6.61 Å². The van der Waals surface area contributed by atoms with E-state index in [1.54, 1.807) is 0 Å². The van der Waals surface area contributed by atoms with Crippen LogP contribution in [0.1, 0.15) is 41.3 Å². The molecule has 2 aromatic carbocycles. The summed E-state index contributed by atoms with van der Waals surface area (Å²) in [5.41, 5.74) is 3.45. The van der Waals surface area contributed by atoms with Gasteiger partial charge in [-0.05, 0) is 29.7 Å². The van der Waals surface area contributed by atoms with Gasteiger partial charge in [0.1, 0.15) is 5.75 Å². The molecule has 2 atom stereocenters. The van der Waals surface area contributed by atoms with E-state index in [2.05, 4.69) is 31.2 Å². The summed E-state index contributed by atoms with van der Waals surface area (Å²) < 4.78 is 5.79. The third kappa shape index (κ3) is 2.90. The van der Waals surface area contributed by atoms with E-state index >= 15 is 0 Å². The lowest BCUT2D eigenvalue weighted by Gasteiger charge is -2.23. The molecule has 21 heavy (non-hydrogen) atoms. The molecule has 0 amide bonds.